The van der Waals surface area contributed by atoms with Gasteiger partial charge in [0.25, 0.3) is 0 Å². The summed E-state index contributed by atoms with van der Waals surface area (Å²) in [6.07, 6.45) is 2.99. The Balaban J connectivity index is 1.87. The molecule has 1 saturated heterocycles. The van der Waals surface area contributed by atoms with E-state index in [0.717, 1.165) is 18.3 Å². The predicted octanol–water partition coefficient (Wildman–Crippen LogP) is 1.10. The fourth-order valence-corrected chi connectivity index (χ4v) is 2.81. The van der Waals surface area contributed by atoms with Gasteiger partial charge in [-0.2, -0.15) is 11.8 Å². The van der Waals surface area contributed by atoms with Crippen molar-refractivity contribution in [1.82, 2.24) is 10.6 Å². The summed E-state index contributed by atoms with van der Waals surface area (Å²) >= 11 is 2.11. The lowest BCUT2D eigenvalue weighted by molar-refractivity contribution is 0.118. The fraction of sp³-hybridized carbons (Fsp3) is 1.00. The highest BCUT2D eigenvalue weighted by Gasteiger charge is 2.12. The summed E-state index contributed by atoms with van der Waals surface area (Å²) in [5.41, 5.74) is 0. The molecule has 0 radical (unpaired) electrons. The maximum absolute atomic E-state index is 5.17. The van der Waals surface area contributed by atoms with Crippen LogP contribution in [0.25, 0.3) is 0 Å². The van der Waals surface area contributed by atoms with Crippen molar-refractivity contribution in [3.8, 4) is 0 Å². The maximum atomic E-state index is 5.17. The SMILES string of the molecule is COC(C)CNCCSC1CCNCC1. The van der Waals surface area contributed by atoms with Crippen molar-refractivity contribution in [2.24, 2.45) is 0 Å². The lowest BCUT2D eigenvalue weighted by Gasteiger charge is -2.22. The van der Waals surface area contributed by atoms with Crippen molar-refractivity contribution in [2.45, 2.75) is 31.1 Å². The van der Waals surface area contributed by atoms with E-state index >= 15 is 0 Å². The van der Waals surface area contributed by atoms with Gasteiger partial charge in [-0.05, 0) is 32.9 Å². The number of rotatable bonds is 7. The average molecular weight is 232 g/mol. The molecule has 1 aliphatic rings. The first-order chi connectivity index (χ1) is 7.33. The van der Waals surface area contributed by atoms with E-state index in [1.807, 2.05) is 0 Å². The van der Waals surface area contributed by atoms with E-state index < -0.39 is 0 Å². The van der Waals surface area contributed by atoms with Crippen LogP contribution in [0, 0.1) is 0 Å². The molecule has 90 valence electrons. The van der Waals surface area contributed by atoms with Crippen molar-refractivity contribution >= 4 is 11.8 Å². The van der Waals surface area contributed by atoms with Crippen molar-refractivity contribution in [3.05, 3.63) is 0 Å². The second kappa shape index (κ2) is 8.39. The molecule has 1 atom stereocenters. The molecule has 3 nitrogen and oxygen atoms in total. The van der Waals surface area contributed by atoms with Gasteiger partial charge in [-0.1, -0.05) is 0 Å². The third kappa shape index (κ3) is 6.40. The highest BCUT2D eigenvalue weighted by atomic mass is 32.2. The standard InChI is InChI=1S/C11H24N2OS/c1-10(14-2)9-13-7-8-15-11-3-5-12-6-4-11/h10-13H,3-9H2,1-2H3. The second-order valence-electron chi connectivity index (χ2n) is 4.07. The number of hydrogen-bond acceptors (Lipinski definition) is 4. The third-order valence-corrected chi connectivity index (χ3v) is 4.14. The largest absolute Gasteiger partial charge is 0.380 e. The summed E-state index contributed by atoms with van der Waals surface area (Å²) in [7, 11) is 1.76. The summed E-state index contributed by atoms with van der Waals surface area (Å²) in [5.74, 6) is 1.22. The highest BCUT2D eigenvalue weighted by Crippen LogP contribution is 2.19. The Morgan fingerprint density at radius 3 is 2.87 bits per heavy atom. The smallest absolute Gasteiger partial charge is 0.0667 e. The van der Waals surface area contributed by atoms with Gasteiger partial charge in [0.2, 0.25) is 0 Å². The molecule has 2 N–H and O–H groups in total. The highest BCUT2D eigenvalue weighted by molar-refractivity contribution is 7.99. The van der Waals surface area contributed by atoms with Crippen LogP contribution in [0.3, 0.4) is 0 Å². The zero-order valence-electron chi connectivity index (χ0n) is 9.92. The van der Waals surface area contributed by atoms with Crippen molar-refractivity contribution < 1.29 is 4.74 Å². The molecule has 0 bridgehead atoms. The van der Waals surface area contributed by atoms with E-state index in [2.05, 4.69) is 29.3 Å². The molecule has 0 aromatic rings. The summed E-state index contributed by atoms with van der Waals surface area (Å²) in [6, 6.07) is 0. The summed E-state index contributed by atoms with van der Waals surface area (Å²) < 4.78 is 5.17. The Labute approximate surface area is 97.7 Å². The molecule has 1 rings (SSSR count). The van der Waals surface area contributed by atoms with E-state index in [0.29, 0.717) is 6.10 Å². The minimum atomic E-state index is 0.328. The van der Waals surface area contributed by atoms with E-state index in [1.54, 1.807) is 7.11 Å². The third-order valence-electron chi connectivity index (χ3n) is 2.75. The number of piperidine rings is 1. The van der Waals surface area contributed by atoms with Gasteiger partial charge in [0.05, 0.1) is 6.10 Å². The van der Waals surface area contributed by atoms with Crippen molar-refractivity contribution in [3.63, 3.8) is 0 Å². The summed E-state index contributed by atoms with van der Waals surface area (Å²) in [5, 5.41) is 7.69. The first-order valence-corrected chi connectivity index (χ1v) is 6.93. The molecular formula is C11H24N2OS. The van der Waals surface area contributed by atoms with E-state index in [4.69, 9.17) is 4.74 Å². The Morgan fingerprint density at radius 1 is 1.47 bits per heavy atom. The van der Waals surface area contributed by atoms with Gasteiger partial charge < -0.3 is 15.4 Å². The van der Waals surface area contributed by atoms with Gasteiger partial charge in [0.15, 0.2) is 0 Å². The first-order valence-electron chi connectivity index (χ1n) is 5.88. The monoisotopic (exact) mass is 232 g/mol. The van der Waals surface area contributed by atoms with Gasteiger partial charge in [-0.15, -0.1) is 0 Å². The fourth-order valence-electron chi connectivity index (χ4n) is 1.65. The van der Waals surface area contributed by atoms with E-state index in [9.17, 15) is 0 Å². The zero-order valence-corrected chi connectivity index (χ0v) is 10.7. The topological polar surface area (TPSA) is 33.3 Å². The molecule has 0 spiro atoms. The number of nitrogens with one attached hydrogen (secondary N) is 2. The Kier molecular flexibility index (Phi) is 7.44. The average Bonchev–Trinajstić information content (AvgIpc) is 2.29. The summed E-state index contributed by atoms with van der Waals surface area (Å²) in [4.78, 5) is 0. The van der Waals surface area contributed by atoms with Gasteiger partial charge in [-0.3, -0.25) is 0 Å². The van der Waals surface area contributed by atoms with Crippen LogP contribution in [0.5, 0.6) is 0 Å². The van der Waals surface area contributed by atoms with Crippen LogP contribution in [0.1, 0.15) is 19.8 Å². The number of ether oxygens (including phenoxy) is 1. The Hall–Kier alpha value is 0.230. The molecule has 1 unspecified atom stereocenters. The normalized spacial score (nSPS) is 20.4. The Bertz CT molecular complexity index is 152. The number of thioether (sulfide) groups is 1. The molecule has 0 aliphatic carbocycles. The molecule has 0 amide bonds. The molecule has 1 fully saturated rings. The van der Waals surface area contributed by atoms with Gasteiger partial charge in [-0.25, -0.2) is 0 Å². The van der Waals surface area contributed by atoms with Crippen molar-refractivity contribution in [1.29, 1.82) is 0 Å². The minimum absolute atomic E-state index is 0.328. The number of methoxy groups -OCH3 is 1. The van der Waals surface area contributed by atoms with Crippen LogP contribution < -0.4 is 10.6 Å². The van der Waals surface area contributed by atoms with Crippen molar-refractivity contribution in [2.75, 3.05) is 39.0 Å². The van der Waals surface area contributed by atoms with Gasteiger partial charge in [0.1, 0.15) is 0 Å². The molecule has 1 heterocycles. The van der Waals surface area contributed by atoms with Crippen LogP contribution in [0.4, 0.5) is 0 Å². The van der Waals surface area contributed by atoms with Crippen LogP contribution in [-0.2, 0) is 4.74 Å². The first kappa shape index (κ1) is 13.3. The summed E-state index contributed by atoms with van der Waals surface area (Å²) in [6.45, 7) is 6.55. The van der Waals surface area contributed by atoms with Gasteiger partial charge >= 0.3 is 0 Å². The number of hydrogen-bond donors (Lipinski definition) is 2. The van der Waals surface area contributed by atoms with Crippen LogP contribution in [0.15, 0.2) is 0 Å². The van der Waals surface area contributed by atoms with Crippen LogP contribution in [-0.4, -0.2) is 50.4 Å². The van der Waals surface area contributed by atoms with Crippen LogP contribution >= 0.6 is 11.8 Å². The lowest BCUT2D eigenvalue weighted by Crippen LogP contribution is -2.31. The molecule has 0 aromatic carbocycles. The second-order valence-corrected chi connectivity index (χ2v) is 5.48. The van der Waals surface area contributed by atoms with Crippen LogP contribution in [0.2, 0.25) is 0 Å². The predicted molar refractivity (Wildman–Crippen MR) is 67.7 cm³/mol. The van der Waals surface area contributed by atoms with E-state index in [1.165, 1.54) is 31.7 Å². The molecule has 15 heavy (non-hydrogen) atoms. The minimum Gasteiger partial charge on any atom is -0.380 e. The molecule has 0 saturated carbocycles. The van der Waals surface area contributed by atoms with Gasteiger partial charge in [0, 0.05) is 31.2 Å². The molecule has 0 aromatic heterocycles. The quantitative estimate of drug-likeness (QED) is 0.644. The molecule has 1 aliphatic heterocycles. The van der Waals surface area contributed by atoms with E-state index in [-0.39, 0.29) is 0 Å². The molecular weight excluding hydrogens is 208 g/mol. The zero-order chi connectivity index (χ0) is 10.9. The maximum Gasteiger partial charge on any atom is 0.0667 e. The lowest BCUT2D eigenvalue weighted by atomic mass is 10.2. The molecule has 4 heteroatoms. The Morgan fingerprint density at radius 2 is 2.20 bits per heavy atom.